The first kappa shape index (κ1) is 50.5. The molecule has 13 nitrogen and oxygen atoms in total. The van der Waals surface area contributed by atoms with Crippen molar-refractivity contribution >= 4 is 52.6 Å². The van der Waals surface area contributed by atoms with Crippen molar-refractivity contribution in [2.45, 2.75) is 132 Å². The van der Waals surface area contributed by atoms with E-state index in [9.17, 15) is 36.9 Å². The molecule has 4 aliphatic rings. The van der Waals surface area contributed by atoms with Crippen LogP contribution in [0.15, 0.2) is 84.9 Å². The van der Waals surface area contributed by atoms with E-state index in [4.69, 9.17) is 9.26 Å². The number of hydrogen-bond acceptors (Lipinski definition) is 10. The summed E-state index contributed by atoms with van der Waals surface area (Å²) in [5.41, 5.74) is 0.898. The van der Waals surface area contributed by atoms with Crippen LogP contribution in [-0.4, -0.2) is 114 Å². The van der Waals surface area contributed by atoms with Crippen molar-refractivity contribution in [1.82, 2.24) is 25.1 Å². The molecule has 1 spiro atoms. The molecule has 19 heteroatoms. The number of likely N-dealkylation sites (tertiary alicyclic amines) is 1. The Morgan fingerprint density at radius 3 is 2.39 bits per heavy atom. The van der Waals surface area contributed by atoms with Gasteiger partial charge in [-0.1, -0.05) is 61.5 Å². The normalized spacial score (nSPS) is 24.1. The van der Waals surface area contributed by atoms with Crippen LogP contribution in [-0.2, 0) is 28.4 Å². The Hall–Kier alpha value is -4.87. The molecule has 0 bridgehead atoms. The molecule has 372 valence electrons. The van der Waals surface area contributed by atoms with E-state index in [0.717, 1.165) is 30.6 Å². The Morgan fingerprint density at radius 1 is 0.971 bits per heavy atom. The van der Waals surface area contributed by atoms with Crippen LogP contribution in [0.5, 0.6) is 5.75 Å². The summed E-state index contributed by atoms with van der Waals surface area (Å²) in [6.45, 7) is 3.72. The van der Waals surface area contributed by atoms with Gasteiger partial charge in [-0.2, -0.15) is 0 Å². The van der Waals surface area contributed by atoms with E-state index in [1.165, 1.54) is 36.8 Å². The average molecular weight is 998 g/mol. The molecule has 3 aliphatic heterocycles. The molecule has 0 unspecified atom stereocenters. The van der Waals surface area contributed by atoms with E-state index in [1.807, 2.05) is 42.0 Å². The number of para-hydroxylation sites is 1. The van der Waals surface area contributed by atoms with Crippen LogP contribution in [0.2, 0.25) is 0 Å². The summed E-state index contributed by atoms with van der Waals surface area (Å²) in [5.74, 6) is -3.68. The third-order valence-electron chi connectivity index (χ3n) is 14.0. The van der Waals surface area contributed by atoms with Crippen molar-refractivity contribution in [1.29, 1.82) is 0 Å². The minimum atomic E-state index is -4.73. The number of carbonyl (C=O) groups is 4. The van der Waals surface area contributed by atoms with Gasteiger partial charge in [0.1, 0.15) is 23.9 Å². The lowest BCUT2D eigenvalue weighted by molar-refractivity contribution is -0.324. The van der Waals surface area contributed by atoms with Gasteiger partial charge in [-0.15, -0.1) is 24.5 Å². The molecule has 1 aliphatic carbocycles. The number of benzene rings is 3. The number of esters is 1. The fourth-order valence-corrected chi connectivity index (χ4v) is 13.2. The van der Waals surface area contributed by atoms with Crippen LogP contribution in [0.25, 0.3) is 10.1 Å². The van der Waals surface area contributed by atoms with Gasteiger partial charge >= 0.3 is 19.9 Å². The molecule has 1 saturated carbocycles. The lowest BCUT2D eigenvalue weighted by Crippen LogP contribution is -2.59. The third kappa shape index (κ3) is 11.7. The second-order valence-corrected chi connectivity index (χ2v) is 22.0. The molecule has 3 saturated heterocycles. The zero-order valence-corrected chi connectivity index (χ0v) is 40.7. The Balaban J connectivity index is 1.02. The van der Waals surface area contributed by atoms with E-state index in [0.29, 0.717) is 55.3 Å². The van der Waals surface area contributed by atoms with Crippen molar-refractivity contribution < 1.29 is 55.3 Å². The SMILES string of the molecule is CCCOC(=O)[C@H](C)N[P@@](=O)(Oc1ccccc1)[C@@H](F)c1ccc2sc(C(=O)N[C@H]3CC[C@H](N(C)CCCOC(F)(F)F)C[C@H]4CC[C@@H](C(=O)N5C[C@H](c6ccccc6)CC56CC6)N4C3=O)cc2c1. The van der Waals surface area contributed by atoms with Gasteiger partial charge in [-0.25, -0.2) is 9.48 Å². The highest BCUT2D eigenvalue weighted by Crippen LogP contribution is 2.58. The molecule has 8 rings (SSSR count). The number of carbonyl (C=O) groups excluding carboxylic acids is 4. The van der Waals surface area contributed by atoms with E-state index < -0.39 is 56.4 Å². The molecule has 1 aromatic heterocycles. The maximum atomic E-state index is 16.7. The number of fused-ring (bicyclic) bond motifs is 2. The van der Waals surface area contributed by atoms with Crippen molar-refractivity contribution in [3.05, 3.63) is 101 Å². The first-order chi connectivity index (χ1) is 33.0. The number of thiophene rings is 1. The van der Waals surface area contributed by atoms with Gasteiger partial charge in [-0.05, 0) is 125 Å². The maximum absolute atomic E-state index is 16.7. The lowest BCUT2D eigenvalue weighted by Gasteiger charge is -2.41. The summed E-state index contributed by atoms with van der Waals surface area (Å²) in [4.78, 5) is 62.6. The number of nitrogens with one attached hydrogen (secondary N) is 2. The summed E-state index contributed by atoms with van der Waals surface area (Å²) in [7, 11) is -2.69. The number of ether oxygens (including phenoxy) is 2. The monoisotopic (exact) mass is 997 g/mol. The van der Waals surface area contributed by atoms with Crippen LogP contribution < -0.4 is 14.9 Å². The molecule has 4 heterocycles. The Morgan fingerprint density at radius 2 is 1.70 bits per heavy atom. The fourth-order valence-electron chi connectivity index (χ4n) is 10.3. The molecule has 69 heavy (non-hydrogen) atoms. The molecule has 4 aromatic rings. The van der Waals surface area contributed by atoms with Crippen molar-refractivity contribution in [3.8, 4) is 5.75 Å². The van der Waals surface area contributed by atoms with Crippen LogP contribution in [0, 0.1) is 0 Å². The number of alkyl halides is 4. The predicted octanol–water partition coefficient (Wildman–Crippen LogP) is 9.49. The summed E-state index contributed by atoms with van der Waals surface area (Å²) in [5, 5.41) is 6.02. The second kappa shape index (κ2) is 21.2. The topological polar surface area (TPSA) is 147 Å². The largest absolute Gasteiger partial charge is 0.522 e. The third-order valence-corrected chi connectivity index (χ3v) is 17.2. The first-order valence-corrected chi connectivity index (χ1v) is 26.4. The van der Waals surface area contributed by atoms with Gasteiger partial charge in [0.2, 0.25) is 17.7 Å². The van der Waals surface area contributed by atoms with Gasteiger partial charge in [0.15, 0.2) is 0 Å². The molecular weight excluding hydrogens is 938 g/mol. The zero-order chi connectivity index (χ0) is 49.1. The van der Waals surface area contributed by atoms with E-state index >= 15 is 4.39 Å². The number of hydrogen-bond donors (Lipinski definition) is 2. The average Bonchev–Trinajstić information content (AvgIpc) is 3.60. The first-order valence-electron chi connectivity index (χ1n) is 23.8. The van der Waals surface area contributed by atoms with Crippen molar-refractivity contribution in [2.24, 2.45) is 0 Å². The van der Waals surface area contributed by atoms with E-state index in [2.05, 4.69) is 27.3 Å². The summed E-state index contributed by atoms with van der Waals surface area (Å²) >= 11 is 1.12. The molecule has 4 fully saturated rings. The molecular formula is C50H60F4N5O8PS. The highest BCUT2D eigenvalue weighted by Gasteiger charge is 2.58. The number of nitrogens with zero attached hydrogens (tertiary/aromatic N) is 3. The number of amides is 3. The lowest BCUT2D eigenvalue weighted by atomic mass is 9.93. The van der Waals surface area contributed by atoms with E-state index in [1.54, 1.807) is 35.2 Å². The Kier molecular flexibility index (Phi) is 15.5. The molecule has 2 N–H and O–H groups in total. The van der Waals surface area contributed by atoms with Crippen LogP contribution >= 0.6 is 18.9 Å². The Labute approximate surface area is 403 Å². The predicted molar refractivity (Wildman–Crippen MR) is 253 cm³/mol. The Bertz CT molecular complexity index is 2510. The quantitative estimate of drug-likeness (QED) is 0.0428. The van der Waals surface area contributed by atoms with Gasteiger partial charge < -0.3 is 29.3 Å². The van der Waals surface area contributed by atoms with Crippen LogP contribution in [0.3, 0.4) is 0 Å². The van der Waals surface area contributed by atoms with Crippen molar-refractivity contribution in [2.75, 3.05) is 33.4 Å². The van der Waals surface area contributed by atoms with Gasteiger partial charge in [0, 0.05) is 41.3 Å². The molecule has 3 amide bonds. The summed E-state index contributed by atoms with van der Waals surface area (Å²) < 4.78 is 85.1. The van der Waals surface area contributed by atoms with Gasteiger partial charge in [-0.3, -0.25) is 28.5 Å². The number of rotatable bonds is 18. The van der Waals surface area contributed by atoms with Gasteiger partial charge in [0.25, 0.3) is 5.91 Å². The van der Waals surface area contributed by atoms with Crippen LogP contribution in [0.4, 0.5) is 17.6 Å². The maximum Gasteiger partial charge on any atom is 0.522 e. The zero-order valence-electron chi connectivity index (χ0n) is 39.0. The molecule has 3 aromatic carbocycles. The smallest absolute Gasteiger partial charge is 0.465 e. The summed E-state index contributed by atoms with van der Waals surface area (Å²) in [6, 6.07) is 20.8. The number of halogens is 4. The molecule has 8 atom stereocenters. The minimum absolute atomic E-state index is 0.0275. The molecule has 0 radical (unpaired) electrons. The fraction of sp³-hybridized carbons (Fsp3) is 0.520. The van der Waals surface area contributed by atoms with Crippen LogP contribution in [0.1, 0.15) is 111 Å². The summed E-state index contributed by atoms with van der Waals surface area (Å²) in [6.07, 6.45) is 0.766. The second-order valence-electron chi connectivity index (χ2n) is 18.9. The van der Waals surface area contributed by atoms with Gasteiger partial charge in [0.05, 0.1) is 18.1 Å². The highest BCUT2D eigenvalue weighted by atomic mass is 32.1. The van der Waals surface area contributed by atoms with Crippen molar-refractivity contribution in [3.63, 3.8) is 0 Å². The highest BCUT2D eigenvalue weighted by molar-refractivity contribution is 7.57. The van der Waals surface area contributed by atoms with E-state index in [-0.39, 0.29) is 71.0 Å². The standard InChI is InChI=1S/C50H60F4N5O8PS/c1-4-25-65-48(63)32(2)56-68(64,67-39-14-9-6-10-15-39)44(51)34-16-21-42-35(27-34)28-43(69-42)45(60)55-40-19-17-37(57(3)24-11-26-66-50(52,53)54)29-38-18-20-41(59(38)46(40)61)47(62)58-31-36(30-49(58)22-23-49)33-12-7-5-8-13-33/h5-10,12-16,21,27-28,32,36-38,40-41,44H,4,11,17-20,22-26,29-31H2,1-3H3,(H,55,60)(H,56,64)/t32-,36+,37-,38+,40-,41-,44+,68-/m0/s1. The minimum Gasteiger partial charge on any atom is -0.465 e.